The number of unbranched alkanes of at least 4 members (excludes halogenated alkanes) is 1. The van der Waals surface area contributed by atoms with E-state index in [0.29, 0.717) is 13.1 Å². The topological polar surface area (TPSA) is 60.9 Å². The van der Waals surface area contributed by atoms with Crippen LogP contribution < -0.4 is 0 Å². The van der Waals surface area contributed by atoms with Crippen LogP contribution >= 0.6 is 0 Å². The number of hydrogen-bond donors (Lipinski definition) is 1. The van der Waals surface area contributed by atoms with Crippen LogP contribution in [0.1, 0.15) is 40.0 Å². The predicted octanol–water partition coefficient (Wildman–Crippen LogP) is 1.99. The zero-order chi connectivity index (χ0) is 16.0. The molecule has 1 rings (SSSR count). The fourth-order valence-electron chi connectivity index (χ4n) is 2.71. The van der Waals surface area contributed by atoms with Crippen molar-refractivity contribution in [2.75, 3.05) is 26.2 Å². The summed E-state index contributed by atoms with van der Waals surface area (Å²) in [7, 11) is 0. The SMILES string of the molecule is C=CCCCN1CCN(CC(C)(C)C)C(CC(=O)O)C1=O. The summed E-state index contributed by atoms with van der Waals surface area (Å²) < 4.78 is 0. The van der Waals surface area contributed by atoms with Gasteiger partial charge in [0.2, 0.25) is 5.91 Å². The van der Waals surface area contributed by atoms with E-state index < -0.39 is 12.0 Å². The van der Waals surface area contributed by atoms with Gasteiger partial charge in [0.1, 0.15) is 0 Å². The zero-order valence-electron chi connectivity index (χ0n) is 13.5. The average molecular weight is 296 g/mol. The molecule has 0 aromatic carbocycles. The number of piperazine rings is 1. The summed E-state index contributed by atoms with van der Waals surface area (Å²) >= 11 is 0. The number of allylic oxidation sites excluding steroid dienone is 1. The maximum Gasteiger partial charge on any atom is 0.305 e. The minimum Gasteiger partial charge on any atom is -0.481 e. The maximum absolute atomic E-state index is 12.5. The van der Waals surface area contributed by atoms with E-state index in [1.807, 2.05) is 11.0 Å². The van der Waals surface area contributed by atoms with Gasteiger partial charge in [0.05, 0.1) is 12.5 Å². The highest BCUT2D eigenvalue weighted by molar-refractivity contribution is 5.86. The van der Waals surface area contributed by atoms with Gasteiger partial charge in [-0.05, 0) is 18.3 Å². The Hall–Kier alpha value is -1.36. The van der Waals surface area contributed by atoms with Crippen molar-refractivity contribution in [3.63, 3.8) is 0 Å². The van der Waals surface area contributed by atoms with E-state index in [2.05, 4.69) is 27.4 Å². The second kappa shape index (κ2) is 7.59. The molecule has 0 aromatic heterocycles. The number of amides is 1. The van der Waals surface area contributed by atoms with Gasteiger partial charge < -0.3 is 10.0 Å². The smallest absolute Gasteiger partial charge is 0.305 e. The molecule has 0 radical (unpaired) electrons. The summed E-state index contributed by atoms with van der Waals surface area (Å²) in [6.07, 6.45) is 3.48. The number of hydrogen-bond acceptors (Lipinski definition) is 3. The molecule has 1 aliphatic heterocycles. The predicted molar refractivity (Wildman–Crippen MR) is 83.1 cm³/mol. The van der Waals surface area contributed by atoms with Crippen molar-refractivity contribution in [3.05, 3.63) is 12.7 Å². The molecule has 0 aliphatic carbocycles. The summed E-state index contributed by atoms with van der Waals surface area (Å²) in [6.45, 7) is 12.8. The largest absolute Gasteiger partial charge is 0.481 e. The van der Waals surface area contributed by atoms with Gasteiger partial charge in [0.15, 0.2) is 0 Å². The van der Waals surface area contributed by atoms with Crippen molar-refractivity contribution in [2.24, 2.45) is 5.41 Å². The van der Waals surface area contributed by atoms with Crippen LogP contribution in [-0.2, 0) is 9.59 Å². The maximum atomic E-state index is 12.5. The average Bonchev–Trinajstić information content (AvgIpc) is 2.35. The summed E-state index contributed by atoms with van der Waals surface area (Å²) in [4.78, 5) is 27.5. The van der Waals surface area contributed by atoms with Crippen molar-refractivity contribution in [3.8, 4) is 0 Å². The zero-order valence-corrected chi connectivity index (χ0v) is 13.5. The highest BCUT2D eigenvalue weighted by Crippen LogP contribution is 2.22. The normalized spacial score (nSPS) is 20.6. The number of carboxylic acids is 1. The second-order valence-corrected chi connectivity index (χ2v) is 6.90. The molecule has 5 heteroatoms. The number of carbonyl (C=O) groups is 2. The molecule has 0 aromatic rings. The second-order valence-electron chi connectivity index (χ2n) is 6.90. The van der Waals surface area contributed by atoms with Gasteiger partial charge in [-0.15, -0.1) is 6.58 Å². The highest BCUT2D eigenvalue weighted by Gasteiger charge is 2.37. The summed E-state index contributed by atoms with van der Waals surface area (Å²) in [5.41, 5.74) is 0.0437. The Morgan fingerprint density at radius 1 is 1.43 bits per heavy atom. The lowest BCUT2D eigenvalue weighted by Gasteiger charge is -2.42. The van der Waals surface area contributed by atoms with E-state index in [0.717, 1.165) is 25.9 Å². The third kappa shape index (κ3) is 5.87. The Morgan fingerprint density at radius 2 is 2.10 bits per heavy atom. The molecule has 1 atom stereocenters. The molecular weight excluding hydrogens is 268 g/mol. The lowest BCUT2D eigenvalue weighted by molar-refractivity contribution is -0.150. The molecule has 0 spiro atoms. The molecule has 1 aliphatic rings. The molecule has 120 valence electrons. The molecule has 21 heavy (non-hydrogen) atoms. The first-order valence-corrected chi connectivity index (χ1v) is 7.60. The summed E-state index contributed by atoms with van der Waals surface area (Å²) in [5, 5.41) is 9.09. The van der Waals surface area contributed by atoms with E-state index in [1.54, 1.807) is 4.90 Å². The summed E-state index contributed by atoms with van der Waals surface area (Å²) in [5.74, 6) is -0.961. The number of carbonyl (C=O) groups excluding carboxylic acids is 1. The van der Waals surface area contributed by atoms with Crippen LogP contribution in [0.4, 0.5) is 0 Å². The third-order valence-electron chi connectivity index (χ3n) is 3.58. The number of aliphatic carboxylic acids is 1. The molecule has 1 N–H and O–H groups in total. The third-order valence-corrected chi connectivity index (χ3v) is 3.58. The Labute approximate surface area is 127 Å². The molecule has 1 heterocycles. The van der Waals surface area contributed by atoms with Gasteiger partial charge in [-0.25, -0.2) is 0 Å². The monoisotopic (exact) mass is 296 g/mol. The van der Waals surface area contributed by atoms with Gasteiger partial charge in [0, 0.05) is 26.2 Å². The minimum atomic E-state index is -0.916. The van der Waals surface area contributed by atoms with Crippen molar-refractivity contribution in [1.29, 1.82) is 0 Å². The number of rotatable bonds is 7. The Balaban J connectivity index is 2.74. The minimum absolute atomic E-state index is 0.0437. The lowest BCUT2D eigenvalue weighted by Crippen LogP contribution is -2.59. The van der Waals surface area contributed by atoms with E-state index in [-0.39, 0.29) is 17.7 Å². The van der Waals surface area contributed by atoms with Crippen molar-refractivity contribution in [1.82, 2.24) is 9.80 Å². The molecule has 5 nitrogen and oxygen atoms in total. The Morgan fingerprint density at radius 3 is 2.62 bits per heavy atom. The quantitative estimate of drug-likeness (QED) is 0.576. The van der Waals surface area contributed by atoms with E-state index in [1.165, 1.54) is 0 Å². The molecule has 0 saturated carbocycles. The van der Waals surface area contributed by atoms with E-state index >= 15 is 0 Å². The Kier molecular flexibility index (Phi) is 6.40. The van der Waals surface area contributed by atoms with E-state index in [9.17, 15) is 9.59 Å². The highest BCUT2D eigenvalue weighted by atomic mass is 16.4. The molecule has 0 bridgehead atoms. The van der Waals surface area contributed by atoms with Crippen molar-refractivity contribution >= 4 is 11.9 Å². The first kappa shape index (κ1) is 17.7. The molecule has 1 amide bonds. The molecule has 1 unspecified atom stereocenters. The van der Waals surface area contributed by atoms with Gasteiger partial charge in [-0.3, -0.25) is 14.5 Å². The summed E-state index contributed by atoms with van der Waals surface area (Å²) in [6, 6.07) is -0.529. The van der Waals surface area contributed by atoms with Crippen LogP contribution in [0.15, 0.2) is 12.7 Å². The van der Waals surface area contributed by atoms with Crippen LogP contribution in [0.3, 0.4) is 0 Å². The van der Waals surface area contributed by atoms with Crippen molar-refractivity contribution in [2.45, 2.75) is 46.1 Å². The standard InChI is InChI=1S/C16H28N2O3/c1-5-6-7-8-17-9-10-18(12-16(2,3)4)13(15(17)21)11-14(19)20/h5,13H,1,6-12H2,2-4H3,(H,19,20). The fraction of sp³-hybridized carbons (Fsp3) is 0.750. The van der Waals surface area contributed by atoms with Gasteiger partial charge in [-0.2, -0.15) is 0 Å². The number of nitrogens with zero attached hydrogens (tertiary/aromatic N) is 2. The molecule has 1 fully saturated rings. The Bertz CT molecular complexity index is 387. The lowest BCUT2D eigenvalue weighted by atomic mass is 9.93. The van der Waals surface area contributed by atoms with Crippen LogP contribution in [-0.4, -0.2) is 59.0 Å². The van der Waals surface area contributed by atoms with Crippen molar-refractivity contribution < 1.29 is 14.7 Å². The molecular formula is C16H28N2O3. The van der Waals surface area contributed by atoms with Gasteiger partial charge >= 0.3 is 5.97 Å². The molecule has 1 saturated heterocycles. The van der Waals surface area contributed by atoms with Crippen LogP contribution in [0, 0.1) is 5.41 Å². The van der Waals surface area contributed by atoms with E-state index in [4.69, 9.17) is 5.11 Å². The number of carboxylic acid groups (broad SMARTS) is 1. The first-order chi connectivity index (χ1) is 9.74. The van der Waals surface area contributed by atoms with Crippen LogP contribution in [0.5, 0.6) is 0 Å². The van der Waals surface area contributed by atoms with Gasteiger partial charge in [0.25, 0.3) is 0 Å². The van der Waals surface area contributed by atoms with Gasteiger partial charge in [-0.1, -0.05) is 26.8 Å². The van der Waals surface area contributed by atoms with Crippen LogP contribution in [0.25, 0.3) is 0 Å². The van der Waals surface area contributed by atoms with Crippen LogP contribution in [0.2, 0.25) is 0 Å². The fourth-order valence-corrected chi connectivity index (χ4v) is 2.71. The first-order valence-electron chi connectivity index (χ1n) is 7.60.